The van der Waals surface area contributed by atoms with Gasteiger partial charge in [0, 0.05) is 37.8 Å². The topological polar surface area (TPSA) is 52.7 Å². The fraction of sp³-hybridized carbons (Fsp3) is 0.412. The molecule has 1 saturated heterocycles. The van der Waals surface area contributed by atoms with Gasteiger partial charge < -0.3 is 10.2 Å². The average Bonchev–Trinajstić information content (AvgIpc) is 2.98. The Morgan fingerprint density at radius 2 is 1.72 bits per heavy atom. The van der Waals surface area contributed by atoms with Gasteiger partial charge in [-0.3, -0.25) is 14.5 Å². The molecule has 0 aliphatic carbocycles. The summed E-state index contributed by atoms with van der Waals surface area (Å²) in [5.74, 6) is -0.0418. The van der Waals surface area contributed by atoms with Crippen LogP contribution in [0.4, 0.5) is 0 Å². The largest absolute Gasteiger partial charge is 0.352 e. The highest BCUT2D eigenvalue weighted by Crippen LogP contribution is 2.30. The van der Waals surface area contributed by atoms with Crippen LogP contribution in [0, 0.1) is 13.8 Å². The van der Waals surface area contributed by atoms with Gasteiger partial charge in [0.25, 0.3) is 5.91 Å². The summed E-state index contributed by atoms with van der Waals surface area (Å²) in [6.45, 7) is 11.9. The molecule has 3 aromatic rings. The molecule has 5 heteroatoms. The van der Waals surface area contributed by atoms with E-state index in [9.17, 15) is 9.59 Å². The molecule has 1 aliphatic rings. The summed E-state index contributed by atoms with van der Waals surface area (Å²) < 4.78 is 0. The molecule has 0 radical (unpaired) electrons. The van der Waals surface area contributed by atoms with Crippen LogP contribution < -0.4 is 5.32 Å². The van der Waals surface area contributed by atoms with Gasteiger partial charge in [-0.15, -0.1) is 0 Å². The SMILES string of the molecule is CC.Cc1ccc(CN(C=O)Cc2ccc(C(=O)NCCCN3CCCCC3c3ccccc3)cc2C)cc1. The Labute approximate surface area is 235 Å². The monoisotopic (exact) mass is 527 g/mol. The van der Waals surface area contributed by atoms with Crippen molar-refractivity contribution in [3.05, 3.63) is 106 Å². The summed E-state index contributed by atoms with van der Waals surface area (Å²) in [5.41, 5.74) is 6.43. The van der Waals surface area contributed by atoms with Crippen molar-refractivity contribution < 1.29 is 9.59 Å². The molecule has 0 saturated carbocycles. The van der Waals surface area contributed by atoms with Crippen LogP contribution in [0.3, 0.4) is 0 Å². The summed E-state index contributed by atoms with van der Waals surface area (Å²) in [4.78, 5) is 28.8. The maximum absolute atomic E-state index is 12.8. The number of piperidine rings is 1. The van der Waals surface area contributed by atoms with Crippen molar-refractivity contribution in [2.45, 2.75) is 72.5 Å². The van der Waals surface area contributed by atoms with E-state index in [0.717, 1.165) is 42.6 Å². The number of carbonyl (C=O) groups excluding carboxylic acids is 2. The predicted octanol–water partition coefficient (Wildman–Crippen LogP) is 6.84. The van der Waals surface area contributed by atoms with E-state index in [1.165, 1.54) is 30.4 Å². The summed E-state index contributed by atoms with van der Waals surface area (Å²) in [6, 6.07) is 25.2. The quantitative estimate of drug-likeness (QED) is 0.220. The normalized spacial score (nSPS) is 15.1. The maximum Gasteiger partial charge on any atom is 0.251 e. The van der Waals surface area contributed by atoms with Crippen LogP contribution in [0.5, 0.6) is 0 Å². The van der Waals surface area contributed by atoms with Gasteiger partial charge in [0.1, 0.15) is 0 Å². The van der Waals surface area contributed by atoms with Crippen molar-refractivity contribution in [1.29, 1.82) is 0 Å². The third-order valence-electron chi connectivity index (χ3n) is 7.34. The fourth-order valence-corrected chi connectivity index (χ4v) is 5.19. The van der Waals surface area contributed by atoms with E-state index >= 15 is 0 Å². The number of carbonyl (C=O) groups is 2. The van der Waals surface area contributed by atoms with Gasteiger partial charge in [-0.25, -0.2) is 0 Å². The lowest BCUT2D eigenvalue weighted by Gasteiger charge is -2.36. The summed E-state index contributed by atoms with van der Waals surface area (Å²) in [7, 11) is 0. The Morgan fingerprint density at radius 3 is 2.41 bits per heavy atom. The lowest BCUT2D eigenvalue weighted by Crippen LogP contribution is -2.36. The second kappa shape index (κ2) is 15.8. The smallest absolute Gasteiger partial charge is 0.251 e. The van der Waals surface area contributed by atoms with Crippen LogP contribution in [-0.4, -0.2) is 41.8 Å². The summed E-state index contributed by atoms with van der Waals surface area (Å²) >= 11 is 0. The highest BCUT2D eigenvalue weighted by atomic mass is 16.1. The van der Waals surface area contributed by atoms with Crippen molar-refractivity contribution >= 4 is 12.3 Å². The van der Waals surface area contributed by atoms with E-state index in [4.69, 9.17) is 0 Å². The number of amides is 2. The average molecular weight is 528 g/mol. The Kier molecular flexibility index (Phi) is 12.2. The number of likely N-dealkylation sites (tertiary alicyclic amines) is 1. The number of aryl methyl sites for hydroxylation is 2. The first kappa shape index (κ1) is 30.1. The van der Waals surface area contributed by atoms with Crippen molar-refractivity contribution in [2.24, 2.45) is 0 Å². The van der Waals surface area contributed by atoms with Crippen molar-refractivity contribution in [3.63, 3.8) is 0 Å². The number of benzene rings is 3. The summed E-state index contributed by atoms with van der Waals surface area (Å²) in [5, 5.41) is 3.10. The molecule has 3 aromatic carbocycles. The van der Waals surface area contributed by atoms with Crippen LogP contribution in [-0.2, 0) is 17.9 Å². The lowest BCUT2D eigenvalue weighted by atomic mass is 9.95. The first-order valence-corrected chi connectivity index (χ1v) is 14.4. The van der Waals surface area contributed by atoms with Gasteiger partial charge in [-0.1, -0.05) is 86.5 Å². The second-order valence-corrected chi connectivity index (χ2v) is 10.2. The maximum atomic E-state index is 12.8. The van der Waals surface area contributed by atoms with E-state index in [-0.39, 0.29) is 5.91 Å². The molecule has 1 atom stereocenters. The minimum atomic E-state index is -0.0418. The van der Waals surface area contributed by atoms with Gasteiger partial charge in [-0.05, 0) is 74.0 Å². The number of rotatable bonds is 11. The number of nitrogens with zero attached hydrogens (tertiary/aromatic N) is 2. The van der Waals surface area contributed by atoms with Crippen LogP contribution in [0.15, 0.2) is 72.8 Å². The van der Waals surface area contributed by atoms with Gasteiger partial charge in [0.15, 0.2) is 0 Å². The van der Waals surface area contributed by atoms with E-state index in [0.29, 0.717) is 31.2 Å². The number of nitrogens with one attached hydrogen (secondary N) is 1. The predicted molar refractivity (Wildman–Crippen MR) is 161 cm³/mol. The molecule has 0 spiro atoms. The highest BCUT2D eigenvalue weighted by molar-refractivity contribution is 5.94. The minimum Gasteiger partial charge on any atom is -0.352 e. The molecule has 1 unspecified atom stereocenters. The number of hydrogen-bond acceptors (Lipinski definition) is 3. The summed E-state index contributed by atoms with van der Waals surface area (Å²) in [6.07, 6.45) is 5.55. The Hall–Kier alpha value is -3.44. The Bertz CT molecular complexity index is 1160. The molecule has 1 N–H and O–H groups in total. The van der Waals surface area contributed by atoms with Gasteiger partial charge in [0.05, 0.1) is 0 Å². The molecule has 1 aliphatic heterocycles. The zero-order chi connectivity index (χ0) is 28.0. The van der Waals surface area contributed by atoms with Gasteiger partial charge >= 0.3 is 0 Å². The standard InChI is InChI=1S/C32H39N3O2.C2H6/c1-25-12-14-27(15-13-25)22-34(24-36)23-30-17-16-29(21-26(30)2)32(37)33-18-8-20-35-19-7-6-11-31(35)28-9-4-3-5-10-28;1-2/h3-5,9-10,12-17,21,24,31H,6-8,11,18-20,22-23H2,1-2H3,(H,33,37);1-2H3. The second-order valence-electron chi connectivity index (χ2n) is 10.2. The van der Waals surface area contributed by atoms with E-state index in [2.05, 4.69) is 71.7 Å². The molecular weight excluding hydrogens is 482 g/mol. The Balaban J connectivity index is 0.00000205. The lowest BCUT2D eigenvalue weighted by molar-refractivity contribution is -0.119. The van der Waals surface area contributed by atoms with E-state index in [1.54, 1.807) is 4.90 Å². The third kappa shape index (κ3) is 9.07. The van der Waals surface area contributed by atoms with Crippen molar-refractivity contribution in [3.8, 4) is 0 Å². The van der Waals surface area contributed by atoms with E-state index < -0.39 is 0 Å². The molecule has 1 heterocycles. The zero-order valence-corrected chi connectivity index (χ0v) is 24.2. The van der Waals surface area contributed by atoms with Gasteiger partial charge in [0.2, 0.25) is 6.41 Å². The molecule has 2 amide bonds. The Morgan fingerprint density at radius 1 is 0.974 bits per heavy atom. The van der Waals surface area contributed by atoms with Crippen LogP contribution >= 0.6 is 0 Å². The van der Waals surface area contributed by atoms with Crippen molar-refractivity contribution in [1.82, 2.24) is 15.1 Å². The number of hydrogen-bond donors (Lipinski definition) is 1. The first-order chi connectivity index (χ1) is 19.0. The van der Waals surface area contributed by atoms with Crippen molar-refractivity contribution in [2.75, 3.05) is 19.6 Å². The molecular formula is C34H45N3O2. The first-order valence-electron chi connectivity index (χ1n) is 14.4. The third-order valence-corrected chi connectivity index (χ3v) is 7.34. The minimum absolute atomic E-state index is 0.0418. The molecule has 208 valence electrons. The van der Waals surface area contributed by atoms with Crippen LogP contribution in [0.2, 0.25) is 0 Å². The molecule has 4 rings (SSSR count). The van der Waals surface area contributed by atoms with E-state index in [1.807, 2.05) is 39.0 Å². The molecule has 5 nitrogen and oxygen atoms in total. The van der Waals surface area contributed by atoms with Crippen LogP contribution in [0.25, 0.3) is 0 Å². The molecule has 0 aromatic heterocycles. The molecule has 1 fully saturated rings. The van der Waals surface area contributed by atoms with Gasteiger partial charge in [-0.2, -0.15) is 0 Å². The zero-order valence-electron chi connectivity index (χ0n) is 24.2. The highest BCUT2D eigenvalue weighted by Gasteiger charge is 2.23. The van der Waals surface area contributed by atoms with Crippen LogP contribution in [0.1, 0.15) is 83.7 Å². The fourth-order valence-electron chi connectivity index (χ4n) is 5.19. The molecule has 39 heavy (non-hydrogen) atoms. The molecule has 0 bridgehead atoms.